The van der Waals surface area contributed by atoms with E-state index in [0.29, 0.717) is 0 Å². The maximum atomic E-state index is 5.78. The summed E-state index contributed by atoms with van der Waals surface area (Å²) in [6.07, 6.45) is 1.88. The first-order valence-electron chi connectivity index (χ1n) is 5.66. The van der Waals surface area contributed by atoms with Gasteiger partial charge < -0.3 is 15.5 Å². The van der Waals surface area contributed by atoms with Gasteiger partial charge in [-0.1, -0.05) is 12.7 Å². The predicted molar refractivity (Wildman–Crippen MR) is 70.7 cm³/mol. The molecule has 0 saturated carbocycles. The van der Waals surface area contributed by atoms with E-state index in [1.165, 1.54) is 5.69 Å². The van der Waals surface area contributed by atoms with Crippen molar-refractivity contribution >= 4 is 17.5 Å². The van der Waals surface area contributed by atoms with Crippen LogP contribution < -0.4 is 10.6 Å². The van der Waals surface area contributed by atoms with Crippen LogP contribution in [0, 0.1) is 0 Å². The number of hydrogen-bond acceptors (Lipinski definition) is 3. The number of nitrogen functional groups attached to an aromatic ring is 1. The molecule has 0 radical (unpaired) electrons. The highest BCUT2D eigenvalue weighted by Gasteiger charge is 2.15. The zero-order valence-electron chi connectivity index (χ0n) is 9.82. The lowest BCUT2D eigenvalue weighted by Crippen LogP contribution is -2.44. The summed E-state index contributed by atoms with van der Waals surface area (Å²) in [4.78, 5) is 4.75. The second-order valence-corrected chi connectivity index (χ2v) is 4.31. The van der Waals surface area contributed by atoms with Crippen molar-refractivity contribution in [3.8, 4) is 0 Å². The van der Waals surface area contributed by atoms with Crippen LogP contribution in [0.5, 0.6) is 0 Å². The maximum Gasteiger partial charge on any atom is 0.0442 e. The summed E-state index contributed by atoms with van der Waals surface area (Å²) in [5.41, 5.74) is 8.96. The lowest BCUT2D eigenvalue weighted by molar-refractivity contribution is 0.313. The molecule has 1 heterocycles. The Bertz CT molecular complexity index is 379. The first-order chi connectivity index (χ1) is 7.70. The molecule has 1 aliphatic rings. The van der Waals surface area contributed by atoms with Gasteiger partial charge in [0.05, 0.1) is 0 Å². The molecule has 1 saturated heterocycles. The lowest BCUT2D eigenvalue weighted by Gasteiger charge is -2.35. The summed E-state index contributed by atoms with van der Waals surface area (Å²) in [6, 6.07) is 6.04. The normalized spacial score (nSPS) is 17.4. The molecular formula is C13H19N3. The first kappa shape index (κ1) is 11.0. The summed E-state index contributed by atoms with van der Waals surface area (Å²) in [6.45, 7) is 8.22. The Morgan fingerprint density at radius 1 is 1.25 bits per heavy atom. The molecule has 3 nitrogen and oxygen atoms in total. The zero-order chi connectivity index (χ0) is 11.5. The molecule has 86 valence electrons. The largest absolute Gasteiger partial charge is 0.399 e. The van der Waals surface area contributed by atoms with Crippen LogP contribution in [0.4, 0.5) is 11.4 Å². The van der Waals surface area contributed by atoms with E-state index in [4.69, 9.17) is 5.73 Å². The van der Waals surface area contributed by atoms with Gasteiger partial charge in [-0.05, 0) is 30.8 Å². The Kier molecular flexibility index (Phi) is 3.15. The average molecular weight is 217 g/mol. The van der Waals surface area contributed by atoms with Crippen LogP contribution in [0.3, 0.4) is 0 Å². The van der Waals surface area contributed by atoms with Crippen molar-refractivity contribution in [1.82, 2.24) is 4.90 Å². The SMILES string of the molecule is C=Cc1cc(N)ccc1N1CCN(C)CC1. The Labute approximate surface area is 97.2 Å². The molecule has 0 aromatic heterocycles. The van der Waals surface area contributed by atoms with E-state index in [1.807, 2.05) is 18.2 Å². The van der Waals surface area contributed by atoms with Gasteiger partial charge in [-0.2, -0.15) is 0 Å². The van der Waals surface area contributed by atoms with Crippen molar-refractivity contribution in [3.63, 3.8) is 0 Å². The molecule has 0 aliphatic carbocycles. The van der Waals surface area contributed by atoms with Crippen LogP contribution in [-0.4, -0.2) is 38.1 Å². The molecule has 2 rings (SSSR count). The maximum absolute atomic E-state index is 5.78. The van der Waals surface area contributed by atoms with Crippen molar-refractivity contribution < 1.29 is 0 Å². The molecule has 0 atom stereocenters. The third-order valence-electron chi connectivity index (χ3n) is 3.12. The second-order valence-electron chi connectivity index (χ2n) is 4.31. The fourth-order valence-corrected chi connectivity index (χ4v) is 2.07. The highest BCUT2D eigenvalue weighted by molar-refractivity contribution is 5.70. The van der Waals surface area contributed by atoms with Crippen LogP contribution >= 0.6 is 0 Å². The van der Waals surface area contributed by atoms with E-state index in [1.54, 1.807) is 0 Å². The molecule has 0 amide bonds. The lowest BCUT2D eigenvalue weighted by atomic mass is 10.1. The number of rotatable bonds is 2. The van der Waals surface area contributed by atoms with Crippen LogP contribution in [0.25, 0.3) is 6.08 Å². The van der Waals surface area contributed by atoms with Gasteiger partial charge in [0.25, 0.3) is 0 Å². The second kappa shape index (κ2) is 4.58. The van der Waals surface area contributed by atoms with Gasteiger partial charge in [-0.3, -0.25) is 0 Å². The Morgan fingerprint density at radius 2 is 1.94 bits per heavy atom. The summed E-state index contributed by atoms with van der Waals surface area (Å²) in [7, 11) is 2.16. The molecule has 3 heteroatoms. The van der Waals surface area contributed by atoms with Crippen LogP contribution in [0.2, 0.25) is 0 Å². The summed E-state index contributed by atoms with van der Waals surface area (Å²) in [5, 5.41) is 0. The van der Waals surface area contributed by atoms with E-state index in [9.17, 15) is 0 Å². The van der Waals surface area contributed by atoms with Gasteiger partial charge in [0.15, 0.2) is 0 Å². The molecule has 0 unspecified atom stereocenters. The van der Waals surface area contributed by atoms with E-state index in [0.717, 1.165) is 37.4 Å². The predicted octanol–water partition coefficient (Wildman–Crippen LogP) is 1.66. The Morgan fingerprint density at radius 3 is 2.56 bits per heavy atom. The first-order valence-corrected chi connectivity index (χ1v) is 5.66. The summed E-state index contributed by atoms with van der Waals surface area (Å²) < 4.78 is 0. The van der Waals surface area contributed by atoms with E-state index in [2.05, 4.69) is 29.5 Å². The highest BCUT2D eigenvalue weighted by atomic mass is 15.2. The molecule has 0 spiro atoms. The molecular weight excluding hydrogens is 198 g/mol. The molecule has 16 heavy (non-hydrogen) atoms. The van der Waals surface area contributed by atoms with E-state index >= 15 is 0 Å². The number of anilines is 2. The number of hydrogen-bond donors (Lipinski definition) is 1. The van der Waals surface area contributed by atoms with Crippen molar-refractivity contribution in [3.05, 3.63) is 30.3 Å². The number of nitrogens with zero attached hydrogens (tertiary/aromatic N) is 2. The van der Waals surface area contributed by atoms with Crippen molar-refractivity contribution in [2.24, 2.45) is 0 Å². The fourth-order valence-electron chi connectivity index (χ4n) is 2.07. The van der Waals surface area contributed by atoms with Crippen molar-refractivity contribution in [2.45, 2.75) is 0 Å². The van der Waals surface area contributed by atoms with Crippen LogP contribution in [-0.2, 0) is 0 Å². The van der Waals surface area contributed by atoms with Crippen molar-refractivity contribution in [2.75, 3.05) is 43.9 Å². The number of nitrogens with two attached hydrogens (primary N) is 1. The Hall–Kier alpha value is -1.48. The standard InChI is InChI=1S/C13H19N3/c1-3-11-10-12(14)4-5-13(11)16-8-6-15(2)7-9-16/h3-5,10H,1,6-9,14H2,2H3. The van der Waals surface area contributed by atoms with Crippen LogP contribution in [0.15, 0.2) is 24.8 Å². The minimum absolute atomic E-state index is 0.799. The third kappa shape index (κ3) is 2.19. The molecule has 0 bridgehead atoms. The van der Waals surface area contributed by atoms with Crippen molar-refractivity contribution in [1.29, 1.82) is 0 Å². The van der Waals surface area contributed by atoms with Gasteiger partial charge in [0.2, 0.25) is 0 Å². The minimum Gasteiger partial charge on any atom is -0.399 e. The average Bonchev–Trinajstić information content (AvgIpc) is 2.30. The quantitative estimate of drug-likeness (QED) is 0.765. The van der Waals surface area contributed by atoms with Gasteiger partial charge in [-0.15, -0.1) is 0 Å². The molecule has 1 aromatic rings. The third-order valence-corrected chi connectivity index (χ3v) is 3.12. The molecule has 2 N–H and O–H groups in total. The topological polar surface area (TPSA) is 32.5 Å². The molecule has 1 aromatic carbocycles. The van der Waals surface area contributed by atoms with Gasteiger partial charge in [0, 0.05) is 37.6 Å². The summed E-state index contributed by atoms with van der Waals surface area (Å²) in [5.74, 6) is 0. The zero-order valence-corrected chi connectivity index (χ0v) is 9.82. The number of benzene rings is 1. The smallest absolute Gasteiger partial charge is 0.0442 e. The van der Waals surface area contributed by atoms with E-state index < -0.39 is 0 Å². The highest BCUT2D eigenvalue weighted by Crippen LogP contribution is 2.24. The van der Waals surface area contributed by atoms with Crippen LogP contribution in [0.1, 0.15) is 5.56 Å². The molecule has 1 aliphatic heterocycles. The number of piperazine rings is 1. The van der Waals surface area contributed by atoms with Gasteiger partial charge >= 0.3 is 0 Å². The fraction of sp³-hybridized carbons (Fsp3) is 0.385. The Balaban J connectivity index is 2.23. The minimum atomic E-state index is 0.799. The monoisotopic (exact) mass is 217 g/mol. The van der Waals surface area contributed by atoms with E-state index in [-0.39, 0.29) is 0 Å². The van der Waals surface area contributed by atoms with Gasteiger partial charge in [-0.25, -0.2) is 0 Å². The van der Waals surface area contributed by atoms with Gasteiger partial charge in [0.1, 0.15) is 0 Å². The molecule has 1 fully saturated rings. The summed E-state index contributed by atoms with van der Waals surface area (Å²) >= 11 is 0. The number of likely N-dealkylation sites (N-methyl/N-ethyl adjacent to an activating group) is 1.